The van der Waals surface area contributed by atoms with Crippen LogP contribution in [0.4, 0.5) is 0 Å². The van der Waals surface area contributed by atoms with Crippen molar-refractivity contribution in [2.24, 2.45) is 0 Å². The van der Waals surface area contributed by atoms with Crippen molar-refractivity contribution in [2.45, 2.75) is 19.4 Å². The van der Waals surface area contributed by atoms with Crippen LogP contribution in [0, 0.1) is 0 Å². The van der Waals surface area contributed by atoms with E-state index in [2.05, 4.69) is 9.71 Å². The fraction of sp³-hybridized carbons (Fsp3) is 0.462. The van der Waals surface area contributed by atoms with Crippen LogP contribution in [0.2, 0.25) is 5.02 Å². The maximum atomic E-state index is 11.1. The number of rotatable bonds is 7. The van der Waals surface area contributed by atoms with E-state index >= 15 is 0 Å². The molecule has 116 valence electrons. The number of hydrogen-bond donors (Lipinski definition) is 1. The molecule has 0 spiro atoms. The molecule has 0 aliphatic carbocycles. The minimum Gasteiger partial charge on any atom is -0.327 e. The van der Waals surface area contributed by atoms with E-state index in [1.807, 2.05) is 22.8 Å². The van der Waals surface area contributed by atoms with Crippen molar-refractivity contribution in [3.8, 4) is 0 Å². The summed E-state index contributed by atoms with van der Waals surface area (Å²) in [6, 6.07) is 5.59. The van der Waals surface area contributed by atoms with Gasteiger partial charge in [0.05, 0.1) is 22.3 Å². The van der Waals surface area contributed by atoms with Crippen LogP contribution >= 0.6 is 23.2 Å². The zero-order valence-corrected chi connectivity index (χ0v) is 14.0. The zero-order chi connectivity index (χ0) is 15.5. The van der Waals surface area contributed by atoms with Crippen LogP contribution < -0.4 is 4.72 Å². The third-order valence-corrected chi connectivity index (χ3v) is 4.26. The summed E-state index contributed by atoms with van der Waals surface area (Å²) in [4.78, 5) is 4.55. The van der Waals surface area contributed by atoms with Crippen molar-refractivity contribution in [2.75, 3.05) is 18.7 Å². The highest BCUT2D eigenvalue weighted by Crippen LogP contribution is 2.25. The van der Waals surface area contributed by atoms with Gasteiger partial charge in [-0.3, -0.25) is 0 Å². The van der Waals surface area contributed by atoms with Crippen LogP contribution in [0.1, 0.15) is 12.2 Å². The molecule has 21 heavy (non-hydrogen) atoms. The first-order valence-electron chi connectivity index (χ1n) is 6.56. The van der Waals surface area contributed by atoms with Crippen LogP contribution in [-0.2, 0) is 23.0 Å². The molecule has 1 aromatic heterocycles. The molecule has 0 radical (unpaired) electrons. The van der Waals surface area contributed by atoms with Crippen LogP contribution in [0.25, 0.3) is 11.0 Å². The first-order valence-corrected chi connectivity index (χ1v) is 9.37. The Balaban J connectivity index is 2.22. The van der Waals surface area contributed by atoms with Gasteiger partial charge >= 0.3 is 0 Å². The number of hydrogen-bond acceptors (Lipinski definition) is 3. The molecule has 0 saturated heterocycles. The van der Waals surface area contributed by atoms with E-state index < -0.39 is 10.0 Å². The summed E-state index contributed by atoms with van der Waals surface area (Å²) in [5.74, 6) is 1.34. The number of halogens is 2. The molecular weight excluding hydrogens is 333 g/mol. The minimum absolute atomic E-state index is 0.378. The van der Waals surface area contributed by atoms with Gasteiger partial charge in [-0.25, -0.2) is 18.1 Å². The van der Waals surface area contributed by atoms with Gasteiger partial charge in [-0.15, -0.1) is 11.6 Å². The Morgan fingerprint density at radius 3 is 2.81 bits per heavy atom. The molecule has 2 rings (SSSR count). The number of sulfonamides is 1. The topological polar surface area (TPSA) is 64.0 Å². The number of nitrogens with one attached hydrogen (secondary N) is 1. The van der Waals surface area contributed by atoms with Crippen molar-refractivity contribution in [3.63, 3.8) is 0 Å². The number of aryl methyl sites for hydroxylation is 2. The van der Waals surface area contributed by atoms with E-state index in [9.17, 15) is 8.42 Å². The molecule has 0 unspecified atom stereocenters. The van der Waals surface area contributed by atoms with Gasteiger partial charge in [-0.1, -0.05) is 17.7 Å². The Bertz CT molecular complexity index is 728. The fourth-order valence-electron chi connectivity index (χ4n) is 2.20. The number of fused-ring (bicyclic) bond motifs is 1. The summed E-state index contributed by atoms with van der Waals surface area (Å²) >= 11 is 12.1. The van der Waals surface area contributed by atoms with Crippen LogP contribution in [0.3, 0.4) is 0 Å². The third kappa shape index (κ3) is 4.32. The average Bonchev–Trinajstić information content (AvgIpc) is 2.73. The summed E-state index contributed by atoms with van der Waals surface area (Å²) in [5, 5.41) is 0.636. The van der Waals surface area contributed by atoms with Crippen molar-refractivity contribution in [1.29, 1.82) is 0 Å². The molecule has 2 aromatic rings. The maximum Gasteiger partial charge on any atom is 0.208 e. The Morgan fingerprint density at radius 2 is 2.14 bits per heavy atom. The van der Waals surface area contributed by atoms with E-state index in [0.717, 1.165) is 23.1 Å². The largest absolute Gasteiger partial charge is 0.327 e. The second-order valence-corrected chi connectivity index (χ2v) is 7.36. The van der Waals surface area contributed by atoms with Gasteiger partial charge in [0.25, 0.3) is 0 Å². The predicted octanol–water partition coefficient (Wildman–Crippen LogP) is 2.41. The van der Waals surface area contributed by atoms with Gasteiger partial charge in [-0.2, -0.15) is 0 Å². The number of para-hydroxylation sites is 1. The van der Waals surface area contributed by atoms with Crippen LogP contribution in [0.15, 0.2) is 18.2 Å². The second kappa shape index (κ2) is 6.96. The summed E-state index contributed by atoms with van der Waals surface area (Å²) in [7, 11) is -3.16. The molecule has 0 aliphatic heterocycles. The molecule has 0 fully saturated rings. The van der Waals surface area contributed by atoms with E-state index in [0.29, 0.717) is 36.8 Å². The van der Waals surface area contributed by atoms with Crippen LogP contribution in [0.5, 0.6) is 0 Å². The molecule has 1 N–H and O–H groups in total. The Kier molecular flexibility index (Phi) is 5.48. The second-order valence-electron chi connectivity index (χ2n) is 4.75. The standard InChI is InChI=1S/C13H17Cl2N3O2S/c1-21(19,20)16-8-3-9-18-12(6-7-14)17-11-5-2-4-10(15)13(11)18/h2,4-5,16H,3,6-9H2,1H3. The third-order valence-electron chi connectivity index (χ3n) is 3.04. The molecule has 0 amide bonds. The average molecular weight is 350 g/mol. The number of imidazole rings is 1. The lowest BCUT2D eigenvalue weighted by molar-refractivity contribution is 0.574. The first kappa shape index (κ1) is 16.5. The van der Waals surface area contributed by atoms with Crippen LogP contribution in [-0.4, -0.2) is 36.6 Å². The van der Waals surface area contributed by atoms with Gasteiger partial charge in [0.1, 0.15) is 5.82 Å². The Hall–Kier alpha value is -0.820. The molecule has 8 heteroatoms. The van der Waals surface area contributed by atoms with Gasteiger partial charge < -0.3 is 4.57 Å². The fourth-order valence-corrected chi connectivity index (χ4v) is 3.16. The first-order chi connectivity index (χ1) is 9.92. The molecule has 0 aliphatic rings. The predicted molar refractivity (Wildman–Crippen MR) is 86.6 cm³/mol. The van der Waals surface area contributed by atoms with Gasteiger partial charge in [0.2, 0.25) is 10.0 Å². The highest BCUT2D eigenvalue weighted by molar-refractivity contribution is 7.88. The summed E-state index contributed by atoms with van der Waals surface area (Å²) < 4.78 is 26.6. The number of alkyl halides is 1. The van der Waals surface area contributed by atoms with E-state index in [1.165, 1.54) is 0 Å². The maximum absolute atomic E-state index is 11.1. The van der Waals surface area contributed by atoms with E-state index in [-0.39, 0.29) is 0 Å². The summed E-state index contributed by atoms with van der Waals surface area (Å²) in [6.07, 6.45) is 2.44. The number of benzene rings is 1. The van der Waals surface area contributed by atoms with Crippen molar-refractivity contribution >= 4 is 44.3 Å². The lowest BCUT2D eigenvalue weighted by Crippen LogP contribution is -2.24. The molecule has 0 atom stereocenters. The molecule has 0 bridgehead atoms. The highest BCUT2D eigenvalue weighted by atomic mass is 35.5. The Morgan fingerprint density at radius 1 is 1.38 bits per heavy atom. The zero-order valence-electron chi connectivity index (χ0n) is 11.6. The quantitative estimate of drug-likeness (QED) is 0.616. The van der Waals surface area contributed by atoms with Gasteiger partial charge in [-0.05, 0) is 18.6 Å². The van der Waals surface area contributed by atoms with E-state index in [1.54, 1.807) is 0 Å². The molecule has 5 nitrogen and oxygen atoms in total. The molecular formula is C13H17Cl2N3O2S. The SMILES string of the molecule is CS(=O)(=O)NCCCn1c(CCCl)nc2cccc(Cl)c21. The molecule has 1 heterocycles. The minimum atomic E-state index is -3.16. The lowest BCUT2D eigenvalue weighted by atomic mass is 10.3. The van der Waals surface area contributed by atoms with E-state index in [4.69, 9.17) is 23.2 Å². The summed E-state index contributed by atoms with van der Waals surface area (Å²) in [5.41, 5.74) is 1.71. The monoisotopic (exact) mass is 349 g/mol. The Labute approximate surface area is 134 Å². The van der Waals surface area contributed by atoms with Crippen molar-refractivity contribution in [3.05, 3.63) is 29.0 Å². The number of aromatic nitrogens is 2. The van der Waals surface area contributed by atoms with Gasteiger partial charge in [0, 0.05) is 25.4 Å². The molecule has 0 saturated carbocycles. The highest BCUT2D eigenvalue weighted by Gasteiger charge is 2.12. The summed E-state index contributed by atoms with van der Waals surface area (Å²) in [6.45, 7) is 1.01. The van der Waals surface area contributed by atoms with Crippen molar-refractivity contribution < 1.29 is 8.42 Å². The number of nitrogens with zero attached hydrogens (tertiary/aromatic N) is 2. The normalized spacial score (nSPS) is 12.1. The lowest BCUT2D eigenvalue weighted by Gasteiger charge is -2.09. The van der Waals surface area contributed by atoms with Crippen molar-refractivity contribution in [1.82, 2.24) is 14.3 Å². The van der Waals surface area contributed by atoms with Gasteiger partial charge in [0.15, 0.2) is 0 Å². The molecule has 1 aromatic carbocycles. The smallest absolute Gasteiger partial charge is 0.208 e.